The number of nitriles is 1. The van der Waals surface area contributed by atoms with Crippen molar-refractivity contribution >= 4 is 9.84 Å². The molecule has 0 saturated carbocycles. The topological polar surface area (TPSA) is 67.2 Å². The number of nitrogens with zero attached hydrogens (tertiary/aromatic N) is 1. The second-order valence-electron chi connectivity index (χ2n) is 5.00. The van der Waals surface area contributed by atoms with Gasteiger partial charge in [-0.25, -0.2) is 12.8 Å². The van der Waals surface area contributed by atoms with Crippen molar-refractivity contribution in [1.82, 2.24) is 0 Å². The van der Waals surface area contributed by atoms with E-state index in [1.165, 1.54) is 12.1 Å². The Bertz CT molecular complexity index is 597. The Balaban J connectivity index is 2.76. The van der Waals surface area contributed by atoms with E-state index >= 15 is 0 Å². The average Bonchev–Trinajstić information content (AvgIpc) is 2.27. The van der Waals surface area contributed by atoms with E-state index in [1.54, 1.807) is 26.8 Å². The largest absolute Gasteiger partial charge is 0.491 e. The van der Waals surface area contributed by atoms with Crippen LogP contribution in [0.4, 0.5) is 4.39 Å². The maximum Gasteiger partial charge on any atom is 0.158 e. The predicted octanol–water partition coefficient (Wildman–Crippen LogP) is 2.29. The Kier molecular flexibility index (Phi) is 4.53. The highest BCUT2D eigenvalue weighted by molar-refractivity contribution is 7.92. The Hall–Kier alpha value is -1.61. The summed E-state index contributed by atoms with van der Waals surface area (Å²) in [4.78, 5) is 0. The number of hydrogen-bond acceptors (Lipinski definition) is 4. The zero-order chi connectivity index (χ0) is 14.7. The Morgan fingerprint density at radius 2 is 2.00 bits per heavy atom. The third-order valence-electron chi connectivity index (χ3n) is 2.63. The van der Waals surface area contributed by atoms with E-state index < -0.39 is 20.4 Å². The van der Waals surface area contributed by atoms with E-state index in [2.05, 4.69) is 0 Å². The van der Waals surface area contributed by atoms with E-state index in [-0.39, 0.29) is 23.7 Å². The van der Waals surface area contributed by atoms with Crippen molar-refractivity contribution in [2.75, 3.05) is 12.4 Å². The first-order chi connectivity index (χ1) is 8.69. The van der Waals surface area contributed by atoms with Crippen LogP contribution in [0.15, 0.2) is 18.2 Å². The molecule has 0 amide bonds. The lowest BCUT2D eigenvalue weighted by atomic mass is 10.2. The number of rotatable bonds is 4. The molecular formula is C13H16FNO3S. The van der Waals surface area contributed by atoms with Crippen LogP contribution in [0.5, 0.6) is 5.75 Å². The van der Waals surface area contributed by atoms with Gasteiger partial charge >= 0.3 is 0 Å². The summed E-state index contributed by atoms with van der Waals surface area (Å²) in [6.07, 6.45) is 0. The molecule has 1 aromatic rings. The molecule has 19 heavy (non-hydrogen) atoms. The highest BCUT2D eigenvalue weighted by Crippen LogP contribution is 2.21. The summed E-state index contributed by atoms with van der Waals surface area (Å²) in [7, 11) is -3.30. The van der Waals surface area contributed by atoms with Gasteiger partial charge in [-0.3, -0.25) is 0 Å². The molecule has 0 bridgehead atoms. The van der Waals surface area contributed by atoms with Gasteiger partial charge in [0.05, 0.1) is 10.5 Å². The lowest BCUT2D eigenvalue weighted by Crippen LogP contribution is -2.32. The standard InChI is InChI=1S/C13H16FNO3S/c1-13(2,3)19(16,17)8-7-18-12-6-4-5-11(14)10(12)9-15/h4-6H,7-8H2,1-3H3. The fraction of sp³-hybridized carbons (Fsp3) is 0.462. The molecule has 0 radical (unpaired) electrons. The van der Waals surface area contributed by atoms with Gasteiger partial charge in [0.2, 0.25) is 0 Å². The zero-order valence-electron chi connectivity index (χ0n) is 11.1. The van der Waals surface area contributed by atoms with Crippen LogP contribution in [0.25, 0.3) is 0 Å². The molecule has 0 aliphatic carbocycles. The molecule has 4 nitrogen and oxygen atoms in total. The molecule has 0 atom stereocenters. The van der Waals surface area contributed by atoms with Crippen LogP contribution in [-0.2, 0) is 9.84 Å². The van der Waals surface area contributed by atoms with Crippen molar-refractivity contribution in [1.29, 1.82) is 5.26 Å². The molecule has 0 aliphatic heterocycles. The molecule has 6 heteroatoms. The van der Waals surface area contributed by atoms with Crippen molar-refractivity contribution in [3.63, 3.8) is 0 Å². The second kappa shape index (κ2) is 5.57. The van der Waals surface area contributed by atoms with Gasteiger partial charge in [-0.2, -0.15) is 5.26 Å². The van der Waals surface area contributed by atoms with E-state index in [0.717, 1.165) is 6.07 Å². The minimum atomic E-state index is -3.30. The highest BCUT2D eigenvalue weighted by atomic mass is 32.2. The van der Waals surface area contributed by atoms with Gasteiger partial charge in [-0.1, -0.05) is 6.07 Å². The number of halogens is 1. The summed E-state index contributed by atoms with van der Waals surface area (Å²) in [6.45, 7) is 4.69. The molecule has 0 unspecified atom stereocenters. The number of hydrogen-bond donors (Lipinski definition) is 0. The van der Waals surface area contributed by atoms with Crippen molar-refractivity contribution in [3.05, 3.63) is 29.6 Å². The third kappa shape index (κ3) is 3.67. The molecule has 0 fully saturated rings. The maximum absolute atomic E-state index is 13.3. The fourth-order valence-corrected chi connectivity index (χ4v) is 2.22. The van der Waals surface area contributed by atoms with Crippen LogP contribution < -0.4 is 4.74 Å². The zero-order valence-corrected chi connectivity index (χ0v) is 11.9. The van der Waals surface area contributed by atoms with Crippen LogP contribution in [0.1, 0.15) is 26.3 Å². The van der Waals surface area contributed by atoms with Crippen LogP contribution in [0.2, 0.25) is 0 Å². The van der Waals surface area contributed by atoms with E-state index in [0.29, 0.717) is 0 Å². The van der Waals surface area contributed by atoms with Gasteiger partial charge in [-0.15, -0.1) is 0 Å². The van der Waals surface area contributed by atoms with E-state index in [1.807, 2.05) is 0 Å². The van der Waals surface area contributed by atoms with E-state index in [9.17, 15) is 12.8 Å². The van der Waals surface area contributed by atoms with Gasteiger partial charge < -0.3 is 4.74 Å². The highest BCUT2D eigenvalue weighted by Gasteiger charge is 2.28. The monoisotopic (exact) mass is 285 g/mol. The minimum absolute atomic E-state index is 0.0617. The second-order valence-corrected chi connectivity index (χ2v) is 7.87. The molecule has 0 heterocycles. The fourth-order valence-electron chi connectivity index (χ4n) is 1.30. The van der Waals surface area contributed by atoms with Crippen LogP contribution in [-0.4, -0.2) is 25.5 Å². The summed E-state index contributed by atoms with van der Waals surface area (Å²) >= 11 is 0. The molecule has 104 valence electrons. The van der Waals surface area contributed by atoms with E-state index in [4.69, 9.17) is 10.00 Å². The van der Waals surface area contributed by atoms with Crippen molar-refractivity contribution < 1.29 is 17.5 Å². The molecule has 1 aromatic carbocycles. The molecule has 0 spiro atoms. The van der Waals surface area contributed by atoms with Gasteiger partial charge in [0.1, 0.15) is 29.8 Å². The molecular weight excluding hydrogens is 269 g/mol. The first kappa shape index (κ1) is 15.4. The van der Waals surface area contributed by atoms with Crippen LogP contribution in [0.3, 0.4) is 0 Å². The minimum Gasteiger partial charge on any atom is -0.491 e. The van der Waals surface area contributed by atoms with Gasteiger partial charge in [-0.05, 0) is 32.9 Å². The van der Waals surface area contributed by atoms with Gasteiger partial charge in [0.15, 0.2) is 9.84 Å². The number of ether oxygens (including phenoxy) is 1. The summed E-state index contributed by atoms with van der Waals surface area (Å²) in [5.41, 5.74) is -0.212. The van der Waals surface area contributed by atoms with Gasteiger partial charge in [0, 0.05) is 0 Å². The Morgan fingerprint density at radius 1 is 1.37 bits per heavy atom. The number of benzene rings is 1. The van der Waals surface area contributed by atoms with Crippen LogP contribution in [0, 0.1) is 17.1 Å². The summed E-state index contributed by atoms with van der Waals surface area (Å²) in [5, 5.41) is 8.80. The molecule has 0 N–H and O–H groups in total. The maximum atomic E-state index is 13.3. The lowest BCUT2D eigenvalue weighted by molar-refractivity contribution is 0.336. The molecule has 1 rings (SSSR count). The normalized spacial score (nSPS) is 11.9. The first-order valence-electron chi connectivity index (χ1n) is 5.73. The summed E-state index contributed by atoms with van der Waals surface area (Å²) in [6, 6.07) is 5.68. The first-order valence-corrected chi connectivity index (χ1v) is 7.38. The summed E-state index contributed by atoms with van der Waals surface area (Å²) < 4.78 is 41.3. The van der Waals surface area contributed by atoms with Gasteiger partial charge in [0.25, 0.3) is 0 Å². The average molecular weight is 285 g/mol. The molecule has 0 saturated heterocycles. The Labute approximate surface area is 112 Å². The van der Waals surface area contributed by atoms with Crippen molar-refractivity contribution in [2.45, 2.75) is 25.5 Å². The SMILES string of the molecule is CC(C)(C)S(=O)(=O)CCOc1cccc(F)c1C#N. The summed E-state index contributed by atoms with van der Waals surface area (Å²) in [5.74, 6) is -0.803. The predicted molar refractivity (Wildman–Crippen MR) is 70.1 cm³/mol. The molecule has 0 aromatic heterocycles. The van der Waals surface area contributed by atoms with Crippen molar-refractivity contribution in [2.24, 2.45) is 0 Å². The van der Waals surface area contributed by atoms with Crippen molar-refractivity contribution in [3.8, 4) is 11.8 Å². The third-order valence-corrected chi connectivity index (χ3v) is 5.20. The quantitative estimate of drug-likeness (QED) is 0.851. The lowest BCUT2D eigenvalue weighted by Gasteiger charge is -2.19. The molecule has 0 aliphatic rings. The smallest absolute Gasteiger partial charge is 0.158 e. The van der Waals surface area contributed by atoms with Crippen LogP contribution >= 0.6 is 0 Å². The number of sulfone groups is 1. The Morgan fingerprint density at radius 3 is 2.53 bits per heavy atom.